The van der Waals surface area contributed by atoms with Gasteiger partial charge in [0.05, 0.1) is 6.61 Å². The molecule has 26 heavy (non-hydrogen) atoms. The first kappa shape index (κ1) is 16.3. The predicted molar refractivity (Wildman–Crippen MR) is 97.8 cm³/mol. The molecular formula is C20H20N4O2. The molecule has 0 radical (unpaired) electrons. The summed E-state index contributed by atoms with van der Waals surface area (Å²) in [6.07, 6.45) is 2.49. The molecule has 132 valence electrons. The van der Waals surface area contributed by atoms with Crippen molar-refractivity contribution in [3.8, 4) is 17.1 Å². The zero-order valence-corrected chi connectivity index (χ0v) is 14.3. The van der Waals surface area contributed by atoms with Crippen LogP contribution in [0, 0.1) is 0 Å². The second kappa shape index (κ2) is 7.39. The number of hydrogen-bond donors (Lipinski definition) is 1. The number of para-hydroxylation sites is 1. The summed E-state index contributed by atoms with van der Waals surface area (Å²) in [6, 6.07) is 17.7. The SMILES string of the molecule is O=C(Cn1cnc(-c2ccccc2)n1)NC[C@@H]1CCOc2ccccc21. The van der Waals surface area contributed by atoms with Crippen LogP contribution >= 0.6 is 0 Å². The van der Waals surface area contributed by atoms with Gasteiger partial charge in [0.1, 0.15) is 18.6 Å². The molecule has 1 amide bonds. The Balaban J connectivity index is 1.35. The van der Waals surface area contributed by atoms with Gasteiger partial charge in [0.15, 0.2) is 5.82 Å². The molecule has 4 rings (SSSR count). The second-order valence-corrected chi connectivity index (χ2v) is 6.31. The molecule has 0 bridgehead atoms. The average molecular weight is 348 g/mol. The molecule has 3 aromatic rings. The number of carbonyl (C=O) groups is 1. The molecule has 0 aliphatic carbocycles. The molecule has 1 aliphatic heterocycles. The highest BCUT2D eigenvalue weighted by Crippen LogP contribution is 2.32. The van der Waals surface area contributed by atoms with Gasteiger partial charge in [-0.15, -0.1) is 0 Å². The maximum Gasteiger partial charge on any atom is 0.241 e. The van der Waals surface area contributed by atoms with Crippen molar-refractivity contribution < 1.29 is 9.53 Å². The van der Waals surface area contributed by atoms with E-state index in [0.717, 1.165) is 23.3 Å². The second-order valence-electron chi connectivity index (χ2n) is 6.31. The Kier molecular flexibility index (Phi) is 4.64. The molecule has 2 aromatic carbocycles. The highest BCUT2D eigenvalue weighted by molar-refractivity contribution is 5.75. The van der Waals surface area contributed by atoms with Crippen molar-refractivity contribution in [2.45, 2.75) is 18.9 Å². The topological polar surface area (TPSA) is 69.0 Å². The van der Waals surface area contributed by atoms with Gasteiger partial charge in [-0.25, -0.2) is 9.67 Å². The van der Waals surface area contributed by atoms with Crippen molar-refractivity contribution in [1.82, 2.24) is 20.1 Å². The van der Waals surface area contributed by atoms with Gasteiger partial charge in [0.25, 0.3) is 0 Å². The van der Waals surface area contributed by atoms with E-state index in [-0.39, 0.29) is 18.4 Å². The number of ether oxygens (including phenoxy) is 1. The fourth-order valence-corrected chi connectivity index (χ4v) is 3.16. The number of carbonyl (C=O) groups excluding carboxylic acids is 1. The molecule has 1 aliphatic rings. The molecule has 1 atom stereocenters. The number of rotatable bonds is 5. The summed E-state index contributed by atoms with van der Waals surface area (Å²) in [7, 11) is 0. The molecular weight excluding hydrogens is 328 g/mol. The van der Waals surface area contributed by atoms with E-state index >= 15 is 0 Å². The van der Waals surface area contributed by atoms with Crippen LogP contribution in [-0.4, -0.2) is 33.8 Å². The summed E-state index contributed by atoms with van der Waals surface area (Å²) < 4.78 is 7.23. The predicted octanol–water partition coefficient (Wildman–Crippen LogP) is 2.63. The summed E-state index contributed by atoms with van der Waals surface area (Å²) >= 11 is 0. The van der Waals surface area contributed by atoms with Gasteiger partial charge in [-0.1, -0.05) is 48.5 Å². The van der Waals surface area contributed by atoms with Crippen molar-refractivity contribution in [2.24, 2.45) is 0 Å². The number of nitrogens with zero attached hydrogens (tertiary/aromatic N) is 3. The molecule has 0 fully saturated rings. The molecule has 1 aromatic heterocycles. The van der Waals surface area contributed by atoms with Gasteiger partial charge in [0.2, 0.25) is 5.91 Å². The first-order valence-corrected chi connectivity index (χ1v) is 8.73. The maximum atomic E-state index is 12.3. The normalized spacial score (nSPS) is 15.8. The molecule has 0 spiro atoms. The van der Waals surface area contributed by atoms with Crippen LogP contribution in [0.3, 0.4) is 0 Å². The van der Waals surface area contributed by atoms with Crippen LogP contribution in [0.4, 0.5) is 0 Å². The van der Waals surface area contributed by atoms with Crippen LogP contribution in [0.2, 0.25) is 0 Å². The van der Waals surface area contributed by atoms with Gasteiger partial charge < -0.3 is 10.1 Å². The zero-order chi connectivity index (χ0) is 17.8. The maximum absolute atomic E-state index is 12.3. The van der Waals surface area contributed by atoms with E-state index < -0.39 is 0 Å². The molecule has 0 saturated heterocycles. The Morgan fingerprint density at radius 3 is 2.85 bits per heavy atom. The quantitative estimate of drug-likeness (QED) is 0.770. The minimum absolute atomic E-state index is 0.0708. The lowest BCUT2D eigenvalue weighted by Crippen LogP contribution is -2.33. The fourth-order valence-electron chi connectivity index (χ4n) is 3.16. The van der Waals surface area contributed by atoms with Crippen molar-refractivity contribution in [1.29, 1.82) is 0 Å². The monoisotopic (exact) mass is 348 g/mol. The lowest BCUT2D eigenvalue weighted by atomic mass is 9.93. The Hall–Kier alpha value is -3.15. The van der Waals surface area contributed by atoms with Crippen molar-refractivity contribution in [3.05, 3.63) is 66.5 Å². The first-order chi connectivity index (χ1) is 12.8. The van der Waals surface area contributed by atoms with Gasteiger partial charge in [-0.3, -0.25) is 4.79 Å². The summed E-state index contributed by atoms with van der Waals surface area (Å²) in [5.41, 5.74) is 2.09. The van der Waals surface area contributed by atoms with Gasteiger partial charge in [-0.2, -0.15) is 5.10 Å². The Morgan fingerprint density at radius 2 is 1.96 bits per heavy atom. The first-order valence-electron chi connectivity index (χ1n) is 8.73. The molecule has 1 N–H and O–H groups in total. The molecule has 0 unspecified atom stereocenters. The van der Waals surface area contributed by atoms with E-state index in [2.05, 4.69) is 21.5 Å². The van der Waals surface area contributed by atoms with Crippen LogP contribution in [0.5, 0.6) is 5.75 Å². The van der Waals surface area contributed by atoms with E-state index in [1.807, 2.05) is 48.5 Å². The van der Waals surface area contributed by atoms with Gasteiger partial charge in [0, 0.05) is 18.0 Å². The van der Waals surface area contributed by atoms with E-state index in [4.69, 9.17) is 4.74 Å². The third-order valence-electron chi connectivity index (χ3n) is 4.50. The summed E-state index contributed by atoms with van der Waals surface area (Å²) in [5, 5.41) is 7.38. The minimum Gasteiger partial charge on any atom is -0.493 e. The Labute approximate surface area is 151 Å². The van der Waals surface area contributed by atoms with Crippen LogP contribution < -0.4 is 10.1 Å². The fraction of sp³-hybridized carbons (Fsp3) is 0.250. The summed E-state index contributed by atoms with van der Waals surface area (Å²) in [6.45, 7) is 1.44. The van der Waals surface area contributed by atoms with E-state index in [0.29, 0.717) is 19.0 Å². The molecule has 0 saturated carbocycles. The molecule has 6 heteroatoms. The zero-order valence-electron chi connectivity index (χ0n) is 14.3. The van der Waals surface area contributed by atoms with Crippen LogP contribution in [-0.2, 0) is 11.3 Å². The lowest BCUT2D eigenvalue weighted by Gasteiger charge is -2.26. The van der Waals surface area contributed by atoms with Crippen LogP contribution in [0.15, 0.2) is 60.9 Å². The largest absolute Gasteiger partial charge is 0.493 e. The highest BCUT2D eigenvalue weighted by Gasteiger charge is 2.21. The smallest absolute Gasteiger partial charge is 0.241 e. The Bertz CT molecular complexity index is 892. The third kappa shape index (κ3) is 3.59. The Morgan fingerprint density at radius 1 is 1.15 bits per heavy atom. The van der Waals surface area contributed by atoms with E-state index in [9.17, 15) is 4.79 Å². The number of benzene rings is 2. The van der Waals surface area contributed by atoms with Gasteiger partial charge >= 0.3 is 0 Å². The average Bonchev–Trinajstić information content (AvgIpc) is 3.15. The summed E-state index contributed by atoms with van der Waals surface area (Å²) in [4.78, 5) is 16.6. The summed E-state index contributed by atoms with van der Waals surface area (Å²) in [5.74, 6) is 1.75. The number of fused-ring (bicyclic) bond motifs is 1. The number of nitrogens with one attached hydrogen (secondary N) is 1. The highest BCUT2D eigenvalue weighted by atomic mass is 16.5. The molecule has 2 heterocycles. The minimum atomic E-state index is -0.0708. The number of amides is 1. The van der Waals surface area contributed by atoms with E-state index in [1.165, 1.54) is 0 Å². The molecule has 6 nitrogen and oxygen atoms in total. The van der Waals surface area contributed by atoms with Gasteiger partial charge in [-0.05, 0) is 18.1 Å². The number of hydrogen-bond acceptors (Lipinski definition) is 4. The lowest BCUT2D eigenvalue weighted by molar-refractivity contribution is -0.121. The standard InChI is InChI=1S/C20H20N4O2/c25-19(13-24-14-22-20(23-24)15-6-2-1-3-7-15)21-12-16-10-11-26-18-9-5-4-8-17(16)18/h1-9,14,16H,10-13H2,(H,21,25)/t16-/m0/s1. The van der Waals surface area contributed by atoms with Crippen molar-refractivity contribution >= 4 is 5.91 Å². The van der Waals surface area contributed by atoms with E-state index in [1.54, 1.807) is 11.0 Å². The van der Waals surface area contributed by atoms with Crippen molar-refractivity contribution in [2.75, 3.05) is 13.2 Å². The van der Waals surface area contributed by atoms with Crippen LogP contribution in [0.1, 0.15) is 17.9 Å². The van der Waals surface area contributed by atoms with Crippen molar-refractivity contribution in [3.63, 3.8) is 0 Å². The number of aromatic nitrogens is 3. The van der Waals surface area contributed by atoms with Crippen LogP contribution in [0.25, 0.3) is 11.4 Å². The third-order valence-corrected chi connectivity index (χ3v) is 4.50.